The van der Waals surface area contributed by atoms with Crippen molar-refractivity contribution in [1.82, 2.24) is 5.32 Å². The third-order valence-electron chi connectivity index (χ3n) is 4.21. The predicted octanol–water partition coefficient (Wildman–Crippen LogP) is 3.20. The summed E-state index contributed by atoms with van der Waals surface area (Å²) in [7, 11) is 0. The molecule has 0 radical (unpaired) electrons. The summed E-state index contributed by atoms with van der Waals surface area (Å²) in [6.07, 6.45) is 5.59. The molecule has 2 atom stereocenters. The summed E-state index contributed by atoms with van der Waals surface area (Å²) in [5.74, 6) is 1.20. The molecule has 0 aromatic heterocycles. The summed E-state index contributed by atoms with van der Waals surface area (Å²) in [4.78, 5) is 4.93. The van der Waals surface area contributed by atoms with Crippen molar-refractivity contribution in [2.24, 2.45) is 4.99 Å². The van der Waals surface area contributed by atoms with Crippen LogP contribution in [0.15, 0.2) is 4.99 Å². The van der Waals surface area contributed by atoms with Gasteiger partial charge in [-0.3, -0.25) is 4.99 Å². The van der Waals surface area contributed by atoms with Crippen LogP contribution in [0.5, 0.6) is 0 Å². The first kappa shape index (κ1) is 14.2. The second-order valence-corrected chi connectivity index (χ2v) is 6.59. The highest BCUT2D eigenvalue weighted by Crippen LogP contribution is 2.33. The van der Waals surface area contributed by atoms with Gasteiger partial charge in [0.1, 0.15) is 0 Å². The van der Waals surface area contributed by atoms with E-state index in [0.29, 0.717) is 12.1 Å². The molecular weight excluding hydrogens is 244 g/mol. The zero-order chi connectivity index (χ0) is 13.0. The van der Waals surface area contributed by atoms with Gasteiger partial charge < -0.3 is 10.1 Å². The van der Waals surface area contributed by atoms with E-state index in [1.54, 1.807) is 0 Å². The van der Waals surface area contributed by atoms with Crippen LogP contribution in [0.1, 0.15) is 52.9 Å². The van der Waals surface area contributed by atoms with Gasteiger partial charge in [-0.1, -0.05) is 25.6 Å². The fourth-order valence-corrected chi connectivity index (χ4v) is 3.93. The SMILES string of the molecule is CCC1(CC)CC(N=C2NC(C)CCS2)CCO1. The first-order chi connectivity index (χ1) is 8.67. The Morgan fingerprint density at radius 1 is 1.39 bits per heavy atom. The molecule has 2 fully saturated rings. The van der Waals surface area contributed by atoms with Crippen molar-refractivity contribution in [2.45, 2.75) is 70.6 Å². The molecule has 18 heavy (non-hydrogen) atoms. The van der Waals surface area contributed by atoms with Crippen LogP contribution < -0.4 is 5.32 Å². The Labute approximate surface area is 115 Å². The van der Waals surface area contributed by atoms with Gasteiger partial charge in [0.2, 0.25) is 0 Å². The Balaban J connectivity index is 1.98. The topological polar surface area (TPSA) is 33.6 Å². The van der Waals surface area contributed by atoms with E-state index in [-0.39, 0.29) is 5.60 Å². The molecule has 0 aromatic carbocycles. The van der Waals surface area contributed by atoms with Crippen molar-refractivity contribution in [3.05, 3.63) is 0 Å². The molecule has 2 heterocycles. The van der Waals surface area contributed by atoms with Crippen molar-refractivity contribution >= 4 is 16.9 Å². The number of nitrogens with one attached hydrogen (secondary N) is 1. The van der Waals surface area contributed by atoms with Gasteiger partial charge in [-0.2, -0.15) is 0 Å². The van der Waals surface area contributed by atoms with E-state index in [4.69, 9.17) is 9.73 Å². The number of hydrogen-bond donors (Lipinski definition) is 1. The summed E-state index contributed by atoms with van der Waals surface area (Å²) in [6.45, 7) is 7.56. The van der Waals surface area contributed by atoms with E-state index in [1.807, 2.05) is 11.8 Å². The quantitative estimate of drug-likeness (QED) is 0.855. The maximum absolute atomic E-state index is 6.01. The van der Waals surface area contributed by atoms with Gasteiger partial charge in [0.15, 0.2) is 5.17 Å². The number of thioether (sulfide) groups is 1. The summed E-state index contributed by atoms with van der Waals surface area (Å²) in [6, 6.07) is 1.02. The Morgan fingerprint density at radius 3 is 2.83 bits per heavy atom. The molecule has 2 aliphatic heterocycles. The molecule has 3 nitrogen and oxygen atoms in total. The van der Waals surface area contributed by atoms with Crippen LogP contribution in [0, 0.1) is 0 Å². The largest absolute Gasteiger partial charge is 0.375 e. The molecular formula is C14H26N2OS. The molecule has 0 aromatic rings. The van der Waals surface area contributed by atoms with Gasteiger partial charge in [0.25, 0.3) is 0 Å². The smallest absolute Gasteiger partial charge is 0.157 e. The van der Waals surface area contributed by atoms with Crippen LogP contribution in [0.25, 0.3) is 0 Å². The van der Waals surface area contributed by atoms with E-state index < -0.39 is 0 Å². The molecule has 0 bridgehead atoms. The Bertz CT molecular complexity index is 302. The highest BCUT2D eigenvalue weighted by atomic mass is 32.2. The summed E-state index contributed by atoms with van der Waals surface area (Å²) in [5.41, 5.74) is 0.0813. The van der Waals surface area contributed by atoms with E-state index in [1.165, 1.54) is 12.2 Å². The van der Waals surface area contributed by atoms with Crippen LogP contribution in [-0.4, -0.2) is 35.2 Å². The second kappa shape index (κ2) is 6.29. The Kier molecular flexibility index (Phi) is 4.96. The molecule has 2 unspecified atom stereocenters. The van der Waals surface area contributed by atoms with Gasteiger partial charge in [-0.05, 0) is 39.0 Å². The minimum Gasteiger partial charge on any atom is -0.375 e. The summed E-state index contributed by atoms with van der Waals surface area (Å²) in [5, 5.41) is 4.65. The number of nitrogens with zero attached hydrogens (tertiary/aromatic N) is 1. The average Bonchev–Trinajstić information content (AvgIpc) is 2.39. The summed E-state index contributed by atoms with van der Waals surface area (Å²) < 4.78 is 6.01. The third kappa shape index (κ3) is 3.41. The molecule has 2 rings (SSSR count). The number of hydrogen-bond acceptors (Lipinski definition) is 3. The van der Waals surface area contributed by atoms with E-state index in [2.05, 4.69) is 26.1 Å². The van der Waals surface area contributed by atoms with Gasteiger partial charge in [0, 0.05) is 18.4 Å². The lowest BCUT2D eigenvalue weighted by molar-refractivity contribution is -0.0884. The predicted molar refractivity (Wildman–Crippen MR) is 79.4 cm³/mol. The van der Waals surface area contributed by atoms with Gasteiger partial charge in [-0.15, -0.1) is 0 Å². The molecule has 0 spiro atoms. The average molecular weight is 270 g/mol. The summed E-state index contributed by atoms with van der Waals surface area (Å²) >= 11 is 1.87. The van der Waals surface area contributed by atoms with Crippen LogP contribution in [0.2, 0.25) is 0 Å². The minimum absolute atomic E-state index is 0.0813. The molecule has 1 N–H and O–H groups in total. The van der Waals surface area contributed by atoms with Crippen molar-refractivity contribution in [3.63, 3.8) is 0 Å². The Morgan fingerprint density at radius 2 is 2.17 bits per heavy atom. The van der Waals surface area contributed by atoms with Crippen LogP contribution in [0.3, 0.4) is 0 Å². The third-order valence-corrected chi connectivity index (χ3v) is 5.15. The molecule has 0 saturated carbocycles. The van der Waals surface area contributed by atoms with E-state index in [9.17, 15) is 0 Å². The highest BCUT2D eigenvalue weighted by Gasteiger charge is 2.34. The molecule has 2 aliphatic rings. The standard InChI is InChI=1S/C14H26N2OS/c1-4-14(5-2)10-12(6-8-17-14)16-13-15-11(3)7-9-18-13/h11-12H,4-10H2,1-3H3,(H,15,16). The second-order valence-electron chi connectivity index (χ2n) is 5.50. The molecule has 104 valence electrons. The van der Waals surface area contributed by atoms with Crippen LogP contribution >= 0.6 is 11.8 Å². The normalized spacial score (nSPS) is 34.3. The lowest BCUT2D eigenvalue weighted by Crippen LogP contribution is -2.42. The van der Waals surface area contributed by atoms with Crippen LogP contribution in [0.4, 0.5) is 0 Å². The zero-order valence-corrected chi connectivity index (χ0v) is 12.7. The number of ether oxygens (including phenoxy) is 1. The van der Waals surface area contributed by atoms with E-state index >= 15 is 0 Å². The first-order valence-electron chi connectivity index (χ1n) is 7.28. The van der Waals surface area contributed by atoms with Gasteiger partial charge in [-0.25, -0.2) is 0 Å². The minimum atomic E-state index is 0.0813. The molecule has 4 heteroatoms. The Hall–Kier alpha value is -0.220. The highest BCUT2D eigenvalue weighted by molar-refractivity contribution is 8.13. The fourth-order valence-electron chi connectivity index (χ4n) is 2.75. The van der Waals surface area contributed by atoms with Crippen LogP contribution in [-0.2, 0) is 4.74 Å². The van der Waals surface area contributed by atoms with Crippen molar-refractivity contribution in [3.8, 4) is 0 Å². The van der Waals surface area contributed by atoms with Gasteiger partial charge in [0.05, 0.1) is 11.6 Å². The van der Waals surface area contributed by atoms with Crippen molar-refractivity contribution in [1.29, 1.82) is 0 Å². The molecule has 2 saturated heterocycles. The maximum atomic E-state index is 6.01. The number of amidine groups is 1. The zero-order valence-electron chi connectivity index (χ0n) is 11.9. The lowest BCUT2D eigenvalue weighted by Gasteiger charge is -2.39. The van der Waals surface area contributed by atoms with Crippen molar-refractivity contribution < 1.29 is 4.74 Å². The maximum Gasteiger partial charge on any atom is 0.157 e. The molecule has 0 aliphatic carbocycles. The van der Waals surface area contributed by atoms with Crippen molar-refractivity contribution in [2.75, 3.05) is 12.4 Å². The monoisotopic (exact) mass is 270 g/mol. The fraction of sp³-hybridized carbons (Fsp3) is 0.929. The van der Waals surface area contributed by atoms with E-state index in [0.717, 1.165) is 37.5 Å². The molecule has 0 amide bonds. The number of rotatable bonds is 3. The number of aliphatic imine (C=N–C) groups is 1. The van der Waals surface area contributed by atoms with Gasteiger partial charge >= 0.3 is 0 Å². The first-order valence-corrected chi connectivity index (χ1v) is 8.27. The lowest BCUT2D eigenvalue weighted by atomic mass is 9.86.